The van der Waals surface area contributed by atoms with Crippen molar-refractivity contribution in [2.45, 2.75) is 12.8 Å². The minimum atomic E-state index is -0.199. The molecule has 0 aliphatic heterocycles. The van der Waals surface area contributed by atoms with Gasteiger partial charge in [-0.1, -0.05) is 29.3 Å². The summed E-state index contributed by atoms with van der Waals surface area (Å²) in [5.41, 5.74) is 1.67. The number of carbonyl (C=O) groups excluding carboxylic acids is 1. The van der Waals surface area contributed by atoms with Gasteiger partial charge in [-0.15, -0.1) is 11.3 Å². The van der Waals surface area contributed by atoms with Gasteiger partial charge in [0.25, 0.3) is 0 Å². The summed E-state index contributed by atoms with van der Waals surface area (Å²) in [6.07, 6.45) is 2.47. The quantitative estimate of drug-likeness (QED) is 0.490. The molecule has 0 unspecified atom stereocenters. The van der Waals surface area contributed by atoms with E-state index < -0.39 is 0 Å². The Morgan fingerprint density at radius 3 is 2.37 bits per heavy atom. The van der Waals surface area contributed by atoms with Crippen LogP contribution >= 0.6 is 34.5 Å². The minimum Gasteiger partial charge on any atom is -0.493 e. The fraction of sp³-hybridized carbons (Fsp3) is 0.238. The van der Waals surface area contributed by atoms with E-state index in [0.717, 1.165) is 16.0 Å². The molecule has 0 saturated heterocycles. The van der Waals surface area contributed by atoms with Crippen molar-refractivity contribution >= 4 is 45.6 Å². The van der Waals surface area contributed by atoms with Crippen molar-refractivity contribution in [3.63, 3.8) is 0 Å². The molecule has 3 aromatic rings. The largest absolute Gasteiger partial charge is 0.493 e. The Balaban J connectivity index is 1.67. The third-order valence-electron chi connectivity index (χ3n) is 4.27. The second-order valence-corrected chi connectivity index (χ2v) is 8.26. The van der Waals surface area contributed by atoms with Crippen LogP contribution in [0.4, 0.5) is 5.13 Å². The number of nitrogens with zero attached hydrogens (tertiary/aromatic N) is 1. The van der Waals surface area contributed by atoms with Crippen molar-refractivity contribution in [1.82, 2.24) is 4.98 Å². The zero-order chi connectivity index (χ0) is 21.7. The Morgan fingerprint density at radius 1 is 1.07 bits per heavy atom. The molecular weight excluding hydrogens is 447 g/mol. The Morgan fingerprint density at radius 2 is 1.77 bits per heavy atom. The van der Waals surface area contributed by atoms with E-state index in [1.807, 2.05) is 6.07 Å². The first kappa shape index (κ1) is 22.2. The highest BCUT2D eigenvalue weighted by Gasteiger charge is 2.16. The number of amides is 1. The fourth-order valence-corrected chi connectivity index (χ4v) is 4.21. The summed E-state index contributed by atoms with van der Waals surface area (Å²) in [5.74, 6) is 1.27. The van der Waals surface area contributed by atoms with Gasteiger partial charge in [-0.05, 0) is 35.4 Å². The van der Waals surface area contributed by atoms with Crippen LogP contribution in [-0.2, 0) is 17.6 Å². The molecule has 1 N–H and O–H groups in total. The maximum absolute atomic E-state index is 12.5. The number of anilines is 1. The summed E-state index contributed by atoms with van der Waals surface area (Å²) in [6, 6.07) is 8.88. The highest BCUT2D eigenvalue weighted by molar-refractivity contribution is 7.15. The first-order valence-corrected chi connectivity index (χ1v) is 10.5. The Bertz CT molecular complexity index is 1030. The van der Waals surface area contributed by atoms with E-state index in [-0.39, 0.29) is 12.3 Å². The van der Waals surface area contributed by atoms with Crippen LogP contribution in [0, 0.1) is 0 Å². The van der Waals surface area contributed by atoms with Crippen LogP contribution in [0.3, 0.4) is 0 Å². The van der Waals surface area contributed by atoms with Crippen LogP contribution in [0.1, 0.15) is 16.0 Å². The summed E-state index contributed by atoms with van der Waals surface area (Å²) in [4.78, 5) is 17.8. The van der Waals surface area contributed by atoms with Gasteiger partial charge in [-0.2, -0.15) is 0 Å². The molecule has 1 heterocycles. The molecule has 0 radical (unpaired) electrons. The van der Waals surface area contributed by atoms with Gasteiger partial charge in [0.05, 0.1) is 27.8 Å². The number of aromatic nitrogens is 1. The van der Waals surface area contributed by atoms with Gasteiger partial charge < -0.3 is 19.5 Å². The predicted molar refractivity (Wildman–Crippen MR) is 120 cm³/mol. The molecule has 2 aromatic carbocycles. The molecule has 0 saturated carbocycles. The first-order valence-electron chi connectivity index (χ1n) is 8.90. The third-order valence-corrected chi connectivity index (χ3v) is 5.77. The van der Waals surface area contributed by atoms with E-state index in [1.165, 1.54) is 32.7 Å². The summed E-state index contributed by atoms with van der Waals surface area (Å²) >= 11 is 13.6. The Hall–Kier alpha value is -2.48. The van der Waals surface area contributed by atoms with Crippen molar-refractivity contribution in [2.24, 2.45) is 0 Å². The number of hydrogen-bond donors (Lipinski definition) is 1. The number of halogens is 2. The molecular formula is C21H20Cl2N2O4S. The van der Waals surface area contributed by atoms with Gasteiger partial charge in [-0.3, -0.25) is 4.79 Å². The first-order chi connectivity index (χ1) is 14.4. The Labute approximate surface area is 188 Å². The van der Waals surface area contributed by atoms with E-state index in [4.69, 9.17) is 37.4 Å². The molecule has 158 valence electrons. The zero-order valence-corrected chi connectivity index (χ0v) is 19.0. The van der Waals surface area contributed by atoms with Crippen molar-refractivity contribution < 1.29 is 19.0 Å². The van der Waals surface area contributed by atoms with Gasteiger partial charge >= 0.3 is 0 Å². The SMILES string of the molecule is COc1cc(CC(=O)Nc2ncc(Cc3ccc(Cl)cc3Cl)s2)cc(OC)c1OC. The molecule has 0 aliphatic rings. The number of hydrogen-bond acceptors (Lipinski definition) is 6. The Kier molecular flexibility index (Phi) is 7.42. The number of thiazole rings is 1. The summed E-state index contributed by atoms with van der Waals surface area (Å²) in [5, 5.41) is 4.54. The van der Waals surface area contributed by atoms with Gasteiger partial charge in [0.2, 0.25) is 11.7 Å². The van der Waals surface area contributed by atoms with E-state index in [1.54, 1.807) is 30.5 Å². The highest BCUT2D eigenvalue weighted by Crippen LogP contribution is 2.38. The smallest absolute Gasteiger partial charge is 0.230 e. The summed E-state index contributed by atoms with van der Waals surface area (Å²) < 4.78 is 16.0. The second-order valence-electron chi connectivity index (χ2n) is 6.30. The van der Waals surface area contributed by atoms with E-state index in [9.17, 15) is 4.79 Å². The van der Waals surface area contributed by atoms with Crippen molar-refractivity contribution in [1.29, 1.82) is 0 Å². The lowest BCUT2D eigenvalue weighted by atomic mass is 10.1. The maximum atomic E-state index is 12.5. The molecule has 0 fully saturated rings. The fourth-order valence-electron chi connectivity index (χ4n) is 2.89. The molecule has 0 spiro atoms. The standard InChI is InChI=1S/C21H20Cl2N2O4S/c1-27-17-6-12(7-18(28-2)20(17)29-3)8-19(26)25-21-24-11-15(30-21)9-13-4-5-14(22)10-16(13)23/h4-7,10-11H,8-9H2,1-3H3,(H,24,25,26). The van der Waals surface area contributed by atoms with Crippen molar-refractivity contribution in [3.05, 3.63) is 62.6 Å². The van der Waals surface area contributed by atoms with E-state index in [2.05, 4.69) is 10.3 Å². The second kappa shape index (κ2) is 10.0. The summed E-state index contributed by atoms with van der Waals surface area (Å²) in [7, 11) is 4.60. The highest BCUT2D eigenvalue weighted by atomic mass is 35.5. The van der Waals surface area contributed by atoms with Crippen LogP contribution < -0.4 is 19.5 Å². The number of methoxy groups -OCH3 is 3. The normalized spacial score (nSPS) is 10.6. The number of carbonyl (C=O) groups is 1. The van der Waals surface area contributed by atoms with Gasteiger partial charge in [0.15, 0.2) is 16.6 Å². The van der Waals surface area contributed by atoms with Gasteiger partial charge in [0, 0.05) is 27.5 Å². The molecule has 30 heavy (non-hydrogen) atoms. The third kappa shape index (κ3) is 5.36. The molecule has 0 bridgehead atoms. The van der Waals surface area contributed by atoms with Crippen LogP contribution in [0.5, 0.6) is 17.2 Å². The number of nitrogens with one attached hydrogen (secondary N) is 1. The van der Waals surface area contributed by atoms with Crippen molar-refractivity contribution in [3.8, 4) is 17.2 Å². The molecule has 3 rings (SSSR count). The lowest BCUT2D eigenvalue weighted by Gasteiger charge is -2.13. The number of benzene rings is 2. The van der Waals surface area contributed by atoms with Crippen molar-refractivity contribution in [2.75, 3.05) is 26.6 Å². The van der Waals surface area contributed by atoms with Crippen LogP contribution in [0.15, 0.2) is 36.5 Å². The molecule has 0 atom stereocenters. The van der Waals surface area contributed by atoms with Crippen LogP contribution in [-0.4, -0.2) is 32.2 Å². The van der Waals surface area contributed by atoms with Gasteiger partial charge in [-0.25, -0.2) is 4.98 Å². The number of rotatable bonds is 8. The molecule has 0 aliphatic carbocycles. The zero-order valence-electron chi connectivity index (χ0n) is 16.6. The van der Waals surface area contributed by atoms with Gasteiger partial charge in [0.1, 0.15) is 0 Å². The number of ether oxygens (including phenoxy) is 3. The van der Waals surface area contributed by atoms with Crippen LogP contribution in [0.25, 0.3) is 0 Å². The topological polar surface area (TPSA) is 69.7 Å². The maximum Gasteiger partial charge on any atom is 0.230 e. The lowest BCUT2D eigenvalue weighted by molar-refractivity contribution is -0.115. The summed E-state index contributed by atoms with van der Waals surface area (Å²) in [6.45, 7) is 0. The average Bonchev–Trinajstić information content (AvgIpc) is 3.15. The van der Waals surface area contributed by atoms with Crippen LogP contribution in [0.2, 0.25) is 10.0 Å². The lowest BCUT2D eigenvalue weighted by Crippen LogP contribution is -2.14. The average molecular weight is 467 g/mol. The molecule has 1 amide bonds. The molecule has 6 nitrogen and oxygen atoms in total. The molecule has 1 aromatic heterocycles. The molecule has 9 heteroatoms. The van der Waals surface area contributed by atoms with E-state index >= 15 is 0 Å². The van der Waals surface area contributed by atoms with E-state index in [0.29, 0.717) is 38.8 Å². The minimum absolute atomic E-state index is 0.134. The monoisotopic (exact) mass is 466 g/mol. The predicted octanol–water partition coefficient (Wildman–Crippen LogP) is 5.25.